The lowest BCUT2D eigenvalue weighted by molar-refractivity contribution is -0.385. The summed E-state index contributed by atoms with van der Waals surface area (Å²) in [6.07, 6.45) is 0. The number of benzene rings is 2. The van der Waals surface area contributed by atoms with Crippen molar-refractivity contribution in [1.82, 2.24) is 0 Å². The summed E-state index contributed by atoms with van der Waals surface area (Å²) in [5.74, 6) is 1.12. The van der Waals surface area contributed by atoms with Crippen molar-refractivity contribution in [1.29, 1.82) is 0 Å². The Balaban J connectivity index is 2.37. The van der Waals surface area contributed by atoms with Crippen LogP contribution in [-0.2, 0) is 5.33 Å². The molecule has 0 aliphatic heterocycles. The highest BCUT2D eigenvalue weighted by Crippen LogP contribution is 2.33. The third-order valence-corrected chi connectivity index (χ3v) is 4.43. The minimum Gasteiger partial charge on any atom is -0.457 e. The van der Waals surface area contributed by atoms with Crippen molar-refractivity contribution in [2.24, 2.45) is 0 Å². The molecule has 0 atom stereocenters. The van der Waals surface area contributed by atoms with Crippen LogP contribution in [0.3, 0.4) is 0 Å². The van der Waals surface area contributed by atoms with Gasteiger partial charge in [0.05, 0.1) is 11.0 Å². The van der Waals surface area contributed by atoms with E-state index in [0.29, 0.717) is 17.1 Å². The van der Waals surface area contributed by atoms with Gasteiger partial charge in [-0.1, -0.05) is 37.9 Å². The van der Waals surface area contributed by atoms with Gasteiger partial charge in [0.2, 0.25) is 0 Å². The van der Waals surface area contributed by atoms with Gasteiger partial charge in [0.15, 0.2) is 0 Å². The van der Waals surface area contributed by atoms with E-state index in [1.807, 2.05) is 25.1 Å². The average molecular weight is 415 g/mol. The molecule has 2 aromatic rings. The number of hydrogen-bond donors (Lipinski definition) is 0. The van der Waals surface area contributed by atoms with E-state index < -0.39 is 4.92 Å². The molecule has 2 aromatic carbocycles. The number of nitro groups is 1. The van der Waals surface area contributed by atoms with Crippen molar-refractivity contribution in [3.63, 3.8) is 0 Å². The van der Waals surface area contributed by atoms with E-state index in [0.717, 1.165) is 20.9 Å². The van der Waals surface area contributed by atoms with Crippen LogP contribution in [0.2, 0.25) is 0 Å². The molecule has 0 radical (unpaired) electrons. The van der Waals surface area contributed by atoms with Crippen LogP contribution < -0.4 is 4.74 Å². The molecular weight excluding hydrogens is 402 g/mol. The van der Waals surface area contributed by atoms with E-state index in [1.165, 1.54) is 6.07 Å². The number of alkyl halides is 1. The second-order valence-electron chi connectivity index (χ2n) is 4.65. The largest absolute Gasteiger partial charge is 0.457 e. The quantitative estimate of drug-likeness (QED) is 0.368. The maximum absolute atomic E-state index is 11.0. The fraction of sp³-hybridized carbons (Fsp3) is 0.200. The van der Waals surface area contributed by atoms with Crippen LogP contribution in [0.25, 0.3) is 0 Å². The first-order valence-electron chi connectivity index (χ1n) is 6.20. The standard InChI is InChI=1S/C15H13Br2NO3/c1-9-5-10(2)15(7-14(9)18(19)20)21-12-4-3-11(8-16)13(17)6-12/h3-7H,8H2,1-2H3. The first-order valence-corrected chi connectivity index (χ1v) is 8.11. The lowest BCUT2D eigenvalue weighted by Gasteiger charge is -2.11. The van der Waals surface area contributed by atoms with Crippen molar-refractivity contribution in [3.05, 3.63) is 61.6 Å². The number of ether oxygens (including phenoxy) is 1. The van der Waals surface area contributed by atoms with Crippen LogP contribution in [0.1, 0.15) is 16.7 Å². The number of rotatable bonds is 4. The molecule has 110 valence electrons. The van der Waals surface area contributed by atoms with E-state index in [2.05, 4.69) is 31.9 Å². The van der Waals surface area contributed by atoms with Gasteiger partial charge in [-0.2, -0.15) is 0 Å². The molecule has 0 saturated carbocycles. The molecule has 0 bridgehead atoms. The number of halogens is 2. The zero-order chi connectivity index (χ0) is 15.6. The average Bonchev–Trinajstić information content (AvgIpc) is 2.41. The first-order chi connectivity index (χ1) is 9.92. The zero-order valence-electron chi connectivity index (χ0n) is 11.5. The molecule has 0 aliphatic rings. The highest BCUT2D eigenvalue weighted by Gasteiger charge is 2.15. The smallest absolute Gasteiger partial charge is 0.276 e. The summed E-state index contributed by atoms with van der Waals surface area (Å²) in [7, 11) is 0. The van der Waals surface area contributed by atoms with Crippen LogP contribution in [0.5, 0.6) is 11.5 Å². The first kappa shape index (κ1) is 16.0. The monoisotopic (exact) mass is 413 g/mol. The summed E-state index contributed by atoms with van der Waals surface area (Å²) in [5, 5.41) is 11.8. The molecule has 6 heteroatoms. The van der Waals surface area contributed by atoms with Gasteiger partial charge in [0.1, 0.15) is 11.5 Å². The summed E-state index contributed by atoms with van der Waals surface area (Å²) in [6.45, 7) is 3.59. The Morgan fingerprint density at radius 3 is 2.48 bits per heavy atom. The van der Waals surface area contributed by atoms with E-state index in [4.69, 9.17) is 4.74 Å². The maximum atomic E-state index is 11.0. The predicted octanol–water partition coefficient (Wildman–Crippen LogP) is 5.66. The van der Waals surface area contributed by atoms with Gasteiger partial charge in [-0.3, -0.25) is 10.1 Å². The van der Waals surface area contributed by atoms with Gasteiger partial charge in [-0.25, -0.2) is 0 Å². The Hall–Kier alpha value is -1.40. The van der Waals surface area contributed by atoms with Gasteiger partial charge in [-0.05, 0) is 43.2 Å². The van der Waals surface area contributed by atoms with Crippen LogP contribution >= 0.6 is 31.9 Å². The highest BCUT2D eigenvalue weighted by molar-refractivity contribution is 9.10. The fourth-order valence-electron chi connectivity index (χ4n) is 1.96. The lowest BCUT2D eigenvalue weighted by atomic mass is 10.1. The lowest BCUT2D eigenvalue weighted by Crippen LogP contribution is -1.95. The molecule has 0 fully saturated rings. The summed E-state index contributed by atoms with van der Waals surface area (Å²) < 4.78 is 6.71. The van der Waals surface area contributed by atoms with Gasteiger partial charge >= 0.3 is 0 Å². The fourth-order valence-corrected chi connectivity index (χ4v) is 3.32. The van der Waals surface area contributed by atoms with Gasteiger partial charge in [0, 0.05) is 15.4 Å². The minimum atomic E-state index is -0.397. The Kier molecular flexibility index (Phi) is 5.00. The van der Waals surface area contributed by atoms with Crippen LogP contribution in [0.15, 0.2) is 34.8 Å². The third-order valence-electron chi connectivity index (χ3n) is 3.09. The third kappa shape index (κ3) is 3.63. The van der Waals surface area contributed by atoms with E-state index >= 15 is 0 Å². The molecule has 0 unspecified atom stereocenters. The molecule has 0 aliphatic carbocycles. The van der Waals surface area contributed by atoms with Crippen LogP contribution in [0.4, 0.5) is 5.69 Å². The number of nitrogens with zero attached hydrogens (tertiary/aromatic N) is 1. The molecule has 21 heavy (non-hydrogen) atoms. The topological polar surface area (TPSA) is 52.4 Å². The predicted molar refractivity (Wildman–Crippen MR) is 89.4 cm³/mol. The normalized spacial score (nSPS) is 10.5. The maximum Gasteiger partial charge on any atom is 0.276 e. The molecule has 4 nitrogen and oxygen atoms in total. The van der Waals surface area contributed by atoms with Crippen molar-refractivity contribution in [2.75, 3.05) is 0 Å². The minimum absolute atomic E-state index is 0.0618. The Bertz CT molecular complexity index is 702. The summed E-state index contributed by atoms with van der Waals surface area (Å²) in [4.78, 5) is 10.6. The number of nitro benzene ring substituents is 1. The van der Waals surface area contributed by atoms with Crippen molar-refractivity contribution in [3.8, 4) is 11.5 Å². The molecule has 0 aromatic heterocycles. The number of hydrogen-bond acceptors (Lipinski definition) is 3. The SMILES string of the molecule is Cc1cc(C)c([N+](=O)[O-])cc1Oc1ccc(CBr)c(Br)c1. The molecule has 0 heterocycles. The highest BCUT2D eigenvalue weighted by atomic mass is 79.9. The second kappa shape index (κ2) is 6.58. The van der Waals surface area contributed by atoms with Crippen LogP contribution in [0, 0.1) is 24.0 Å². The zero-order valence-corrected chi connectivity index (χ0v) is 14.7. The van der Waals surface area contributed by atoms with Gasteiger partial charge in [-0.15, -0.1) is 0 Å². The van der Waals surface area contributed by atoms with Crippen molar-refractivity contribution in [2.45, 2.75) is 19.2 Å². The Morgan fingerprint density at radius 1 is 1.19 bits per heavy atom. The molecule has 0 N–H and O–H groups in total. The Labute approximate surface area is 139 Å². The summed E-state index contributed by atoms with van der Waals surface area (Å²) in [5.41, 5.74) is 2.65. The summed E-state index contributed by atoms with van der Waals surface area (Å²) >= 11 is 6.87. The van der Waals surface area contributed by atoms with E-state index in [-0.39, 0.29) is 5.69 Å². The van der Waals surface area contributed by atoms with Gasteiger partial charge in [0.25, 0.3) is 5.69 Å². The summed E-state index contributed by atoms with van der Waals surface area (Å²) in [6, 6.07) is 8.85. The molecule has 0 saturated heterocycles. The number of aryl methyl sites for hydroxylation is 2. The van der Waals surface area contributed by atoms with Crippen molar-refractivity contribution >= 4 is 37.5 Å². The Morgan fingerprint density at radius 2 is 1.90 bits per heavy atom. The van der Waals surface area contributed by atoms with Crippen LogP contribution in [-0.4, -0.2) is 4.92 Å². The molecule has 0 amide bonds. The second-order valence-corrected chi connectivity index (χ2v) is 6.07. The van der Waals surface area contributed by atoms with E-state index in [9.17, 15) is 10.1 Å². The molecule has 2 rings (SSSR count). The molecular formula is C15H13Br2NO3. The van der Waals surface area contributed by atoms with Crippen molar-refractivity contribution < 1.29 is 9.66 Å². The molecule has 0 spiro atoms. The van der Waals surface area contributed by atoms with E-state index in [1.54, 1.807) is 13.0 Å². The van der Waals surface area contributed by atoms with Gasteiger partial charge < -0.3 is 4.74 Å².